The smallest absolute Gasteiger partial charge is 0.230 e. The number of carbonyl (C=O) groups is 1. The average Bonchev–Trinajstić information content (AvgIpc) is 3.24. The lowest BCUT2D eigenvalue weighted by Crippen LogP contribution is -2.14. The topological polar surface area (TPSA) is 57.8 Å². The van der Waals surface area contributed by atoms with Crippen LogP contribution in [0.2, 0.25) is 0 Å². The number of benzene rings is 2. The van der Waals surface area contributed by atoms with Gasteiger partial charge in [-0.1, -0.05) is 41.5 Å². The number of nitrogens with one attached hydrogen (secondary N) is 2. The number of aromatic nitrogens is 2. The van der Waals surface area contributed by atoms with Crippen LogP contribution < -0.4 is 5.32 Å². The van der Waals surface area contributed by atoms with E-state index in [2.05, 4.69) is 59.7 Å². The summed E-state index contributed by atoms with van der Waals surface area (Å²) in [5, 5.41) is 13.1. The molecule has 4 nitrogen and oxygen atoms in total. The fourth-order valence-corrected chi connectivity index (χ4v) is 3.89. The summed E-state index contributed by atoms with van der Waals surface area (Å²) in [5.74, 6) is 0.521. The highest BCUT2D eigenvalue weighted by Gasteiger charge is 2.11. The van der Waals surface area contributed by atoms with Crippen LogP contribution in [0.15, 0.2) is 53.9 Å². The van der Waals surface area contributed by atoms with Crippen molar-refractivity contribution in [1.82, 2.24) is 10.2 Å². The quantitative estimate of drug-likeness (QED) is 0.532. The van der Waals surface area contributed by atoms with E-state index in [1.165, 1.54) is 16.7 Å². The minimum Gasteiger partial charge on any atom is -0.308 e. The van der Waals surface area contributed by atoms with E-state index >= 15 is 0 Å². The van der Waals surface area contributed by atoms with Crippen molar-refractivity contribution in [2.75, 3.05) is 5.32 Å². The molecule has 0 aliphatic carbocycles. The van der Waals surface area contributed by atoms with Crippen molar-refractivity contribution in [3.8, 4) is 11.1 Å². The van der Waals surface area contributed by atoms with Crippen LogP contribution in [0, 0.1) is 13.8 Å². The molecule has 0 aliphatic heterocycles. The monoisotopic (exact) mass is 361 g/mol. The van der Waals surface area contributed by atoms with E-state index in [1.807, 2.05) is 23.6 Å². The second-order valence-electron chi connectivity index (χ2n) is 6.51. The number of nitrogens with zero attached hydrogens (tertiary/aromatic N) is 1. The van der Waals surface area contributed by atoms with Gasteiger partial charge in [0.1, 0.15) is 0 Å². The van der Waals surface area contributed by atoms with Gasteiger partial charge in [0.25, 0.3) is 0 Å². The minimum atomic E-state index is -0.0563. The molecule has 0 fully saturated rings. The molecule has 0 saturated carbocycles. The molecule has 0 spiro atoms. The molecule has 0 saturated heterocycles. The van der Waals surface area contributed by atoms with Crippen molar-refractivity contribution in [2.24, 2.45) is 0 Å². The molecule has 2 N–H and O–H groups in total. The Morgan fingerprint density at radius 3 is 2.62 bits per heavy atom. The molecule has 0 bridgehead atoms. The third-order valence-corrected chi connectivity index (χ3v) is 5.17. The van der Waals surface area contributed by atoms with Crippen LogP contribution >= 0.6 is 11.3 Å². The van der Waals surface area contributed by atoms with Crippen LogP contribution in [0.3, 0.4) is 0 Å². The second kappa shape index (κ2) is 6.77. The number of hydrogen-bond donors (Lipinski definition) is 2. The molecule has 0 unspecified atom stereocenters. The Kier molecular flexibility index (Phi) is 4.31. The predicted octanol–water partition coefficient (Wildman–Crippen LogP) is 5.09. The largest absolute Gasteiger partial charge is 0.308 e. The molecule has 4 rings (SSSR count). The van der Waals surface area contributed by atoms with Gasteiger partial charge < -0.3 is 5.32 Å². The van der Waals surface area contributed by atoms with Crippen molar-refractivity contribution in [1.29, 1.82) is 0 Å². The van der Waals surface area contributed by atoms with Gasteiger partial charge in [-0.15, -0.1) is 11.3 Å². The van der Waals surface area contributed by atoms with Gasteiger partial charge in [-0.2, -0.15) is 5.10 Å². The highest BCUT2D eigenvalue weighted by Crippen LogP contribution is 2.28. The summed E-state index contributed by atoms with van der Waals surface area (Å²) in [6.45, 7) is 4.21. The summed E-state index contributed by atoms with van der Waals surface area (Å²) in [5.41, 5.74) is 5.71. The molecule has 4 aromatic rings. The van der Waals surface area contributed by atoms with Gasteiger partial charge in [0.15, 0.2) is 5.82 Å². The van der Waals surface area contributed by atoms with Crippen molar-refractivity contribution < 1.29 is 4.79 Å². The van der Waals surface area contributed by atoms with E-state index < -0.39 is 0 Å². The molecular formula is C21H19N3OS. The number of aryl methyl sites for hydroxylation is 2. The van der Waals surface area contributed by atoms with E-state index in [0.717, 1.165) is 21.3 Å². The van der Waals surface area contributed by atoms with Crippen LogP contribution in [0.4, 0.5) is 5.82 Å². The molecule has 2 aromatic heterocycles. The number of anilines is 1. The predicted molar refractivity (Wildman–Crippen MR) is 108 cm³/mol. The molecule has 2 heterocycles. The summed E-state index contributed by atoms with van der Waals surface area (Å²) < 4.78 is 0. The van der Waals surface area contributed by atoms with E-state index in [1.54, 1.807) is 11.3 Å². The van der Waals surface area contributed by atoms with Gasteiger partial charge in [-0.25, -0.2) is 0 Å². The Labute approximate surface area is 155 Å². The maximum Gasteiger partial charge on any atom is 0.230 e. The van der Waals surface area contributed by atoms with Crippen molar-refractivity contribution in [3.63, 3.8) is 0 Å². The van der Waals surface area contributed by atoms with Crippen LogP contribution in [0.5, 0.6) is 0 Å². The standard InChI is InChI=1S/C21H19N3OS/c1-13-8-14(2)10-16(9-13)15-5-6-18-19(11-15)23-24-21(18)22-20(25)12-17-4-3-7-26-17/h3-11H,12H2,1-2H3,(H2,22,23,24,25). The van der Waals surface area contributed by atoms with Gasteiger partial charge in [-0.3, -0.25) is 9.89 Å². The highest BCUT2D eigenvalue weighted by atomic mass is 32.1. The molecule has 1 amide bonds. The number of carbonyl (C=O) groups excluding carboxylic acids is 1. The van der Waals surface area contributed by atoms with Crippen molar-refractivity contribution >= 4 is 34.0 Å². The summed E-state index contributed by atoms with van der Waals surface area (Å²) in [7, 11) is 0. The summed E-state index contributed by atoms with van der Waals surface area (Å²) in [4.78, 5) is 13.3. The molecule has 0 radical (unpaired) electrons. The van der Waals surface area contributed by atoms with Crippen LogP contribution in [0.1, 0.15) is 16.0 Å². The zero-order valence-electron chi connectivity index (χ0n) is 14.7. The maximum absolute atomic E-state index is 12.2. The first-order valence-electron chi connectivity index (χ1n) is 8.47. The fourth-order valence-electron chi connectivity index (χ4n) is 3.18. The number of thiophene rings is 1. The molecule has 2 aromatic carbocycles. The zero-order valence-corrected chi connectivity index (χ0v) is 15.5. The Morgan fingerprint density at radius 2 is 1.88 bits per heavy atom. The van der Waals surface area contributed by atoms with Crippen LogP contribution in [-0.4, -0.2) is 16.1 Å². The molecular weight excluding hydrogens is 342 g/mol. The number of amides is 1. The number of hydrogen-bond acceptors (Lipinski definition) is 3. The molecule has 0 atom stereocenters. The van der Waals surface area contributed by atoms with Gasteiger partial charge in [0.05, 0.1) is 11.9 Å². The Bertz CT molecular complexity index is 1060. The summed E-state index contributed by atoms with van der Waals surface area (Å²) >= 11 is 1.58. The van der Waals surface area contributed by atoms with E-state index in [0.29, 0.717) is 12.2 Å². The third kappa shape index (κ3) is 3.39. The van der Waals surface area contributed by atoms with Crippen molar-refractivity contribution in [2.45, 2.75) is 20.3 Å². The van der Waals surface area contributed by atoms with Gasteiger partial charge in [0.2, 0.25) is 5.91 Å². The first-order valence-corrected chi connectivity index (χ1v) is 9.35. The average molecular weight is 361 g/mol. The first kappa shape index (κ1) is 16.5. The number of H-pyrrole nitrogens is 1. The lowest BCUT2D eigenvalue weighted by molar-refractivity contribution is -0.115. The lowest BCUT2D eigenvalue weighted by Gasteiger charge is -2.06. The minimum absolute atomic E-state index is 0.0563. The van der Waals surface area contributed by atoms with Crippen molar-refractivity contribution in [3.05, 3.63) is 69.9 Å². The molecule has 130 valence electrons. The van der Waals surface area contributed by atoms with Crippen LogP contribution in [0.25, 0.3) is 22.0 Å². The van der Waals surface area contributed by atoms with E-state index in [-0.39, 0.29) is 5.91 Å². The lowest BCUT2D eigenvalue weighted by atomic mass is 10.00. The van der Waals surface area contributed by atoms with E-state index in [4.69, 9.17) is 0 Å². The zero-order chi connectivity index (χ0) is 18.1. The number of aromatic amines is 1. The fraction of sp³-hybridized carbons (Fsp3) is 0.143. The molecule has 5 heteroatoms. The normalized spacial score (nSPS) is 11.0. The Morgan fingerprint density at radius 1 is 1.08 bits per heavy atom. The van der Waals surface area contributed by atoms with Gasteiger partial charge >= 0.3 is 0 Å². The second-order valence-corrected chi connectivity index (χ2v) is 7.55. The van der Waals surface area contributed by atoms with Crippen LogP contribution in [-0.2, 0) is 11.2 Å². The Hall–Kier alpha value is -2.92. The SMILES string of the molecule is Cc1cc(C)cc(-c2ccc3c(NC(=O)Cc4cccs4)n[nH]c3c2)c1. The number of rotatable bonds is 4. The Balaban J connectivity index is 1.60. The number of fused-ring (bicyclic) bond motifs is 1. The van der Waals surface area contributed by atoms with Gasteiger partial charge in [0, 0.05) is 10.3 Å². The summed E-state index contributed by atoms with van der Waals surface area (Å²) in [6, 6.07) is 16.6. The first-order chi connectivity index (χ1) is 12.6. The highest BCUT2D eigenvalue weighted by molar-refractivity contribution is 7.10. The maximum atomic E-state index is 12.2. The third-order valence-electron chi connectivity index (χ3n) is 4.29. The summed E-state index contributed by atoms with van der Waals surface area (Å²) in [6.07, 6.45) is 0.368. The van der Waals surface area contributed by atoms with Gasteiger partial charge in [-0.05, 0) is 48.6 Å². The molecule has 26 heavy (non-hydrogen) atoms. The van der Waals surface area contributed by atoms with E-state index in [9.17, 15) is 4.79 Å². The molecule has 0 aliphatic rings.